The zero-order valence-corrected chi connectivity index (χ0v) is 6.06. The molecule has 1 nitrogen and oxygen atoms in total. The third-order valence-electron chi connectivity index (χ3n) is 1.53. The average molecular weight is 176 g/mol. The number of halogens is 4. The van der Waals surface area contributed by atoms with Gasteiger partial charge in [-0.25, -0.2) is 13.2 Å². The highest BCUT2D eigenvalue weighted by Gasteiger charge is 2.42. The van der Waals surface area contributed by atoms with Gasteiger partial charge in [0, 0.05) is 13.0 Å². The Balaban J connectivity index is 0.000000810. The van der Waals surface area contributed by atoms with Crippen molar-refractivity contribution in [3.8, 4) is 0 Å². The second kappa shape index (κ2) is 3.44. The van der Waals surface area contributed by atoms with E-state index in [1.165, 1.54) is 0 Å². The minimum Gasteiger partial charge on any atom is -0.313 e. The second-order valence-electron chi connectivity index (χ2n) is 2.26. The molecule has 10 heavy (non-hydrogen) atoms. The van der Waals surface area contributed by atoms with Crippen molar-refractivity contribution in [2.24, 2.45) is 0 Å². The molecule has 1 atom stereocenters. The van der Waals surface area contributed by atoms with Gasteiger partial charge < -0.3 is 5.32 Å². The molecule has 0 amide bonds. The van der Waals surface area contributed by atoms with E-state index in [4.69, 9.17) is 0 Å². The summed E-state index contributed by atoms with van der Waals surface area (Å²) in [6.07, 6.45) is -2.91. The van der Waals surface area contributed by atoms with E-state index < -0.39 is 12.1 Å². The van der Waals surface area contributed by atoms with Crippen LogP contribution in [-0.4, -0.2) is 25.2 Å². The van der Waals surface area contributed by atoms with Gasteiger partial charge in [0.1, 0.15) is 0 Å². The van der Waals surface area contributed by atoms with Crippen LogP contribution in [-0.2, 0) is 0 Å². The molecule has 0 spiro atoms. The van der Waals surface area contributed by atoms with Crippen LogP contribution in [0.1, 0.15) is 6.42 Å². The Kier molecular flexibility index (Phi) is 3.45. The molecule has 1 aliphatic heterocycles. The summed E-state index contributed by atoms with van der Waals surface area (Å²) in [7, 11) is 0. The van der Waals surface area contributed by atoms with Crippen LogP contribution in [0.5, 0.6) is 0 Å². The quantitative estimate of drug-likeness (QED) is 0.635. The molecule has 1 N–H and O–H groups in total. The van der Waals surface area contributed by atoms with Gasteiger partial charge >= 0.3 is 0 Å². The molecular weight excluding hydrogens is 167 g/mol. The highest BCUT2D eigenvalue weighted by Crippen LogP contribution is 2.26. The number of rotatable bonds is 1. The normalized spacial score (nSPS) is 32.4. The van der Waals surface area contributed by atoms with E-state index >= 15 is 0 Å². The molecule has 1 fully saturated rings. The Labute approximate surface area is 63.4 Å². The summed E-state index contributed by atoms with van der Waals surface area (Å²) in [6.45, 7) is 0.158. The maximum Gasteiger partial charge on any atom is 0.273 e. The molecule has 1 saturated heterocycles. The Hall–Kier alpha value is 0.0400. The molecule has 0 bridgehead atoms. The lowest BCUT2D eigenvalue weighted by Gasteiger charge is -2.15. The maximum atomic E-state index is 12.6. The molecule has 1 heterocycles. The van der Waals surface area contributed by atoms with Crippen molar-refractivity contribution < 1.29 is 13.2 Å². The van der Waals surface area contributed by atoms with E-state index in [1.54, 1.807) is 0 Å². The lowest BCUT2D eigenvalue weighted by molar-refractivity contribution is -0.0206. The maximum absolute atomic E-state index is 12.6. The monoisotopic (exact) mass is 175 g/mol. The molecule has 1 unspecified atom stereocenters. The Bertz CT molecular complexity index is 103. The van der Waals surface area contributed by atoms with Crippen LogP contribution in [0.25, 0.3) is 0 Å². The van der Waals surface area contributed by atoms with Gasteiger partial charge in [-0.3, -0.25) is 0 Å². The lowest BCUT2D eigenvalue weighted by Crippen LogP contribution is -2.34. The van der Waals surface area contributed by atoms with Crippen molar-refractivity contribution in [2.45, 2.75) is 18.5 Å². The van der Waals surface area contributed by atoms with Gasteiger partial charge in [0.05, 0.1) is 0 Å². The largest absolute Gasteiger partial charge is 0.313 e. The second-order valence-corrected chi connectivity index (χ2v) is 2.26. The van der Waals surface area contributed by atoms with Crippen LogP contribution in [0.4, 0.5) is 13.2 Å². The van der Waals surface area contributed by atoms with Crippen molar-refractivity contribution in [3.05, 3.63) is 0 Å². The molecule has 0 radical (unpaired) electrons. The SMILES string of the molecule is Cl.FC(F)C1(F)CCNC1. The van der Waals surface area contributed by atoms with Gasteiger partial charge in [-0.2, -0.15) is 0 Å². The molecule has 0 saturated carbocycles. The van der Waals surface area contributed by atoms with Crippen LogP contribution in [0.2, 0.25) is 0 Å². The molecule has 0 aromatic rings. The number of hydrogen-bond acceptors (Lipinski definition) is 1. The Morgan fingerprint density at radius 3 is 2.20 bits per heavy atom. The molecule has 0 aromatic carbocycles. The van der Waals surface area contributed by atoms with Gasteiger partial charge in [-0.1, -0.05) is 0 Å². The fourth-order valence-corrected chi connectivity index (χ4v) is 0.867. The fraction of sp³-hybridized carbons (Fsp3) is 1.00. The summed E-state index contributed by atoms with van der Waals surface area (Å²) >= 11 is 0. The predicted molar refractivity (Wildman–Crippen MR) is 34.6 cm³/mol. The Morgan fingerprint density at radius 1 is 1.40 bits per heavy atom. The first-order valence-corrected chi connectivity index (χ1v) is 2.83. The minimum absolute atomic E-state index is 0. The molecule has 0 aliphatic carbocycles. The van der Waals surface area contributed by atoms with Crippen molar-refractivity contribution in [1.29, 1.82) is 0 Å². The average Bonchev–Trinajstić information content (AvgIpc) is 2.16. The van der Waals surface area contributed by atoms with E-state index in [0.717, 1.165) is 0 Å². The van der Waals surface area contributed by atoms with Crippen LogP contribution >= 0.6 is 12.4 Å². The third kappa shape index (κ3) is 1.76. The molecule has 0 aromatic heterocycles. The molecule has 5 heteroatoms. The minimum atomic E-state index is -2.84. The van der Waals surface area contributed by atoms with Crippen LogP contribution in [0.3, 0.4) is 0 Å². The van der Waals surface area contributed by atoms with E-state index in [0.29, 0.717) is 6.54 Å². The third-order valence-corrected chi connectivity index (χ3v) is 1.53. The van der Waals surface area contributed by atoms with Crippen molar-refractivity contribution in [3.63, 3.8) is 0 Å². The summed E-state index contributed by atoms with van der Waals surface area (Å²) in [6, 6.07) is 0. The topological polar surface area (TPSA) is 12.0 Å². The molecule has 1 rings (SSSR count). The number of hydrogen-bond donors (Lipinski definition) is 1. The standard InChI is InChI=1S/C5H8F3N.ClH/c6-4(7)5(8)1-2-9-3-5;/h4,9H,1-3H2;1H. The molecule has 1 aliphatic rings. The Morgan fingerprint density at radius 2 is 2.00 bits per heavy atom. The number of alkyl halides is 3. The van der Waals surface area contributed by atoms with Gasteiger partial charge in [0.15, 0.2) is 5.67 Å². The van der Waals surface area contributed by atoms with Crippen molar-refractivity contribution in [1.82, 2.24) is 5.32 Å². The van der Waals surface area contributed by atoms with Gasteiger partial charge in [-0.15, -0.1) is 12.4 Å². The first kappa shape index (κ1) is 10.0. The zero-order valence-electron chi connectivity index (χ0n) is 5.24. The van der Waals surface area contributed by atoms with Crippen LogP contribution in [0, 0.1) is 0 Å². The van der Waals surface area contributed by atoms with Gasteiger partial charge in [-0.05, 0) is 6.54 Å². The molecule has 62 valence electrons. The lowest BCUT2D eigenvalue weighted by atomic mass is 10.1. The first-order chi connectivity index (χ1) is 4.15. The van der Waals surface area contributed by atoms with Crippen LogP contribution < -0.4 is 5.32 Å². The van der Waals surface area contributed by atoms with Crippen molar-refractivity contribution in [2.75, 3.05) is 13.1 Å². The van der Waals surface area contributed by atoms with E-state index in [9.17, 15) is 13.2 Å². The van der Waals surface area contributed by atoms with E-state index in [1.807, 2.05) is 0 Å². The van der Waals surface area contributed by atoms with E-state index in [2.05, 4.69) is 5.32 Å². The van der Waals surface area contributed by atoms with E-state index in [-0.39, 0.29) is 25.4 Å². The smallest absolute Gasteiger partial charge is 0.273 e. The predicted octanol–water partition coefficient (Wildman–Crippen LogP) is 1.37. The highest BCUT2D eigenvalue weighted by atomic mass is 35.5. The number of nitrogens with one attached hydrogen (secondary N) is 1. The van der Waals surface area contributed by atoms with Gasteiger partial charge in [0.2, 0.25) is 0 Å². The fourth-order valence-electron chi connectivity index (χ4n) is 0.867. The summed E-state index contributed by atoms with van der Waals surface area (Å²) < 4.78 is 36.0. The summed E-state index contributed by atoms with van der Waals surface area (Å²) in [5.41, 5.74) is -2.25. The van der Waals surface area contributed by atoms with Gasteiger partial charge in [0.25, 0.3) is 6.43 Å². The van der Waals surface area contributed by atoms with Crippen LogP contribution in [0.15, 0.2) is 0 Å². The zero-order chi connectivity index (χ0) is 6.91. The van der Waals surface area contributed by atoms with Crippen molar-refractivity contribution >= 4 is 12.4 Å². The summed E-state index contributed by atoms with van der Waals surface area (Å²) in [5.74, 6) is 0. The summed E-state index contributed by atoms with van der Waals surface area (Å²) in [5, 5.41) is 2.54. The molecular formula is C5H9ClF3N. The first-order valence-electron chi connectivity index (χ1n) is 2.83. The summed E-state index contributed by atoms with van der Waals surface area (Å²) in [4.78, 5) is 0. The highest BCUT2D eigenvalue weighted by molar-refractivity contribution is 5.85.